The Hall–Kier alpha value is -0.780. The van der Waals surface area contributed by atoms with E-state index in [0.717, 1.165) is 12.8 Å². The Bertz CT molecular complexity index is 88.2. The van der Waals surface area contributed by atoms with Crippen LogP contribution in [0.1, 0.15) is 26.7 Å². The first-order valence-electron chi connectivity index (χ1n) is 3.66. The molecule has 0 aromatic heterocycles. The lowest BCUT2D eigenvalue weighted by Gasteiger charge is -1.69. The Morgan fingerprint density at radius 3 is 1.80 bits per heavy atom. The highest BCUT2D eigenvalue weighted by Gasteiger charge is 1.57. The summed E-state index contributed by atoms with van der Waals surface area (Å²) in [6.45, 7) is 11.1. The van der Waals surface area contributed by atoms with Crippen molar-refractivity contribution in [1.82, 2.24) is 0 Å². The van der Waals surface area contributed by atoms with Crippen molar-refractivity contribution in [3.05, 3.63) is 37.5 Å². The molecular weight excluding hydrogens is 120 g/mol. The molecule has 0 aromatic rings. The third-order valence-corrected chi connectivity index (χ3v) is 0.827. The maximum atomic E-state index is 3.55. The highest BCUT2D eigenvalue weighted by atomic mass is 13.6. The van der Waals surface area contributed by atoms with Crippen LogP contribution in [0.3, 0.4) is 0 Å². The fraction of sp³-hybridized carbons (Fsp3) is 0.400. The van der Waals surface area contributed by atoms with E-state index in [1.165, 1.54) is 0 Å². The van der Waals surface area contributed by atoms with E-state index < -0.39 is 0 Å². The molecule has 0 amide bonds. The molecule has 0 spiro atoms. The van der Waals surface area contributed by atoms with Crippen molar-refractivity contribution in [1.29, 1.82) is 0 Å². The monoisotopic (exact) mass is 138 g/mol. The molecule has 0 unspecified atom stereocenters. The van der Waals surface area contributed by atoms with Crippen molar-refractivity contribution in [3.8, 4) is 0 Å². The van der Waals surface area contributed by atoms with Gasteiger partial charge >= 0.3 is 0 Å². The summed E-state index contributed by atoms with van der Waals surface area (Å²) in [5.41, 5.74) is 0. The highest BCUT2D eigenvalue weighted by Crippen LogP contribution is 1.78. The molecule has 0 saturated carbocycles. The minimum Gasteiger partial charge on any atom is -0.103 e. The van der Waals surface area contributed by atoms with E-state index in [2.05, 4.69) is 26.2 Å². The number of allylic oxidation sites excluding steroid dienone is 4. The molecule has 58 valence electrons. The third-order valence-electron chi connectivity index (χ3n) is 0.827. The lowest BCUT2D eigenvalue weighted by molar-refractivity contribution is 1.23. The van der Waals surface area contributed by atoms with Gasteiger partial charge in [0, 0.05) is 0 Å². The molecule has 0 aliphatic heterocycles. The first kappa shape index (κ1) is 12.0. The normalized spacial score (nSPS) is 8.20. The maximum Gasteiger partial charge on any atom is -0.0172 e. The lowest BCUT2D eigenvalue weighted by Crippen LogP contribution is -1.48. The number of hydrogen-bond acceptors (Lipinski definition) is 0. The molecular formula is C10H18. The Balaban J connectivity index is 0. The average Bonchev–Trinajstić information content (AvgIpc) is 2.01. The second-order valence-corrected chi connectivity index (χ2v) is 1.79. The molecule has 0 fully saturated rings. The van der Waals surface area contributed by atoms with Gasteiger partial charge in [0.15, 0.2) is 0 Å². The van der Waals surface area contributed by atoms with Crippen LogP contribution in [0, 0.1) is 0 Å². The van der Waals surface area contributed by atoms with Crippen LogP contribution in [-0.2, 0) is 0 Å². The average molecular weight is 138 g/mol. The van der Waals surface area contributed by atoms with Crippen LogP contribution in [0.25, 0.3) is 0 Å². The van der Waals surface area contributed by atoms with Gasteiger partial charge in [-0.2, -0.15) is 0 Å². The summed E-state index contributed by atoms with van der Waals surface area (Å²) in [4.78, 5) is 0. The van der Waals surface area contributed by atoms with Crippen molar-refractivity contribution in [2.45, 2.75) is 26.7 Å². The van der Waals surface area contributed by atoms with Gasteiger partial charge in [0.1, 0.15) is 0 Å². The SMILES string of the molecule is C=CCC.C=CCC=CC. The van der Waals surface area contributed by atoms with Crippen LogP contribution in [-0.4, -0.2) is 0 Å². The second kappa shape index (κ2) is 15.7. The molecule has 0 heterocycles. The molecule has 0 rings (SSSR count). The van der Waals surface area contributed by atoms with E-state index in [-0.39, 0.29) is 0 Å². The van der Waals surface area contributed by atoms with Crippen LogP contribution >= 0.6 is 0 Å². The van der Waals surface area contributed by atoms with Gasteiger partial charge in [-0.1, -0.05) is 31.2 Å². The summed E-state index contributed by atoms with van der Waals surface area (Å²) in [5, 5.41) is 0. The van der Waals surface area contributed by atoms with E-state index >= 15 is 0 Å². The van der Waals surface area contributed by atoms with Crippen LogP contribution in [0.4, 0.5) is 0 Å². The number of rotatable bonds is 3. The van der Waals surface area contributed by atoms with E-state index in [0.29, 0.717) is 0 Å². The topological polar surface area (TPSA) is 0 Å². The van der Waals surface area contributed by atoms with E-state index in [4.69, 9.17) is 0 Å². The van der Waals surface area contributed by atoms with Crippen LogP contribution < -0.4 is 0 Å². The zero-order valence-corrected chi connectivity index (χ0v) is 7.14. The molecule has 0 aliphatic carbocycles. The van der Waals surface area contributed by atoms with E-state index in [9.17, 15) is 0 Å². The molecule has 0 saturated heterocycles. The predicted octanol–water partition coefficient (Wildman–Crippen LogP) is 3.72. The Morgan fingerprint density at radius 1 is 1.20 bits per heavy atom. The maximum absolute atomic E-state index is 3.55. The fourth-order valence-electron chi connectivity index (χ4n) is 0.232. The molecule has 0 radical (unpaired) electrons. The summed E-state index contributed by atoms with van der Waals surface area (Å²) in [6, 6.07) is 0. The van der Waals surface area contributed by atoms with Crippen molar-refractivity contribution < 1.29 is 0 Å². The first-order chi connectivity index (χ1) is 4.83. The van der Waals surface area contributed by atoms with Gasteiger partial charge in [0.2, 0.25) is 0 Å². The summed E-state index contributed by atoms with van der Waals surface area (Å²) in [5.74, 6) is 0. The number of hydrogen-bond donors (Lipinski definition) is 0. The largest absolute Gasteiger partial charge is 0.103 e. The van der Waals surface area contributed by atoms with Crippen molar-refractivity contribution in [2.24, 2.45) is 0 Å². The molecule has 10 heavy (non-hydrogen) atoms. The molecule has 0 heteroatoms. The summed E-state index contributed by atoms with van der Waals surface area (Å²) in [6.07, 6.45) is 9.91. The van der Waals surface area contributed by atoms with E-state index in [1.807, 2.05) is 25.2 Å². The zero-order valence-electron chi connectivity index (χ0n) is 7.14. The standard InChI is InChI=1S/C6H10.C4H8/c1-3-5-6-4-2;1-3-4-2/h3-4,6H,1,5H2,2H3;3H,1,4H2,2H3. The predicted molar refractivity (Wildman–Crippen MR) is 50.1 cm³/mol. The van der Waals surface area contributed by atoms with Gasteiger partial charge in [-0.15, -0.1) is 13.2 Å². The molecule has 0 aromatic carbocycles. The summed E-state index contributed by atoms with van der Waals surface area (Å²) >= 11 is 0. The highest BCUT2D eigenvalue weighted by molar-refractivity contribution is 4.85. The molecule has 0 N–H and O–H groups in total. The summed E-state index contributed by atoms with van der Waals surface area (Å²) < 4.78 is 0. The van der Waals surface area contributed by atoms with E-state index in [1.54, 1.807) is 0 Å². The van der Waals surface area contributed by atoms with Gasteiger partial charge in [0.05, 0.1) is 0 Å². The van der Waals surface area contributed by atoms with Crippen LogP contribution in [0.15, 0.2) is 37.5 Å². The van der Waals surface area contributed by atoms with Crippen molar-refractivity contribution >= 4 is 0 Å². The fourth-order valence-corrected chi connectivity index (χ4v) is 0.232. The minimum atomic E-state index is 0.997. The van der Waals surface area contributed by atoms with Crippen molar-refractivity contribution in [2.75, 3.05) is 0 Å². The molecule has 0 bridgehead atoms. The van der Waals surface area contributed by atoms with Crippen molar-refractivity contribution in [3.63, 3.8) is 0 Å². The molecule has 0 nitrogen and oxygen atoms in total. The Labute approximate surface area is 65.0 Å². The first-order valence-corrected chi connectivity index (χ1v) is 3.66. The molecule has 0 aliphatic rings. The lowest BCUT2D eigenvalue weighted by atomic mass is 10.4. The Kier molecular flexibility index (Phi) is 18.8. The minimum absolute atomic E-state index is 0.997. The van der Waals surface area contributed by atoms with Gasteiger partial charge in [0.25, 0.3) is 0 Å². The zero-order chi connectivity index (χ0) is 8.24. The van der Waals surface area contributed by atoms with Crippen LogP contribution in [0.5, 0.6) is 0 Å². The van der Waals surface area contributed by atoms with Crippen LogP contribution in [0.2, 0.25) is 0 Å². The van der Waals surface area contributed by atoms with Gasteiger partial charge in [-0.05, 0) is 19.8 Å². The Morgan fingerprint density at radius 2 is 1.70 bits per heavy atom. The quantitative estimate of drug-likeness (QED) is 0.521. The van der Waals surface area contributed by atoms with Gasteiger partial charge in [-0.3, -0.25) is 0 Å². The van der Waals surface area contributed by atoms with Gasteiger partial charge < -0.3 is 0 Å². The third kappa shape index (κ3) is 26.9. The smallest absolute Gasteiger partial charge is 0.0172 e. The molecule has 0 atom stereocenters. The van der Waals surface area contributed by atoms with Gasteiger partial charge in [-0.25, -0.2) is 0 Å². The summed E-state index contributed by atoms with van der Waals surface area (Å²) in [7, 11) is 0. The second-order valence-electron chi connectivity index (χ2n) is 1.79.